The van der Waals surface area contributed by atoms with Crippen molar-refractivity contribution in [2.24, 2.45) is 0 Å². The van der Waals surface area contributed by atoms with Gasteiger partial charge in [-0.15, -0.1) is 11.3 Å². The quantitative estimate of drug-likeness (QED) is 0.743. The van der Waals surface area contributed by atoms with Crippen LogP contribution in [0.2, 0.25) is 0 Å². The van der Waals surface area contributed by atoms with E-state index in [-0.39, 0.29) is 6.10 Å². The second-order valence-corrected chi connectivity index (χ2v) is 6.39. The van der Waals surface area contributed by atoms with Gasteiger partial charge in [-0.3, -0.25) is 4.90 Å². The number of fused-ring (bicyclic) bond motifs is 1. The molecule has 0 aliphatic carbocycles. The molecule has 0 spiro atoms. The number of benzene rings is 1. The SMILES string of the molecule is Cc1csc([C@@H]2CN(Cc3nc4ccccc4o3)CCO2)n1. The standard InChI is InChI=1S/C16H17N3O2S/c1-11-10-22-16(17-11)14-8-19(6-7-20-14)9-15-18-12-4-2-3-5-13(12)21-15/h2-5,10,14H,6-9H2,1H3/t14-/m0/s1. The van der Waals surface area contributed by atoms with Crippen LogP contribution in [0.15, 0.2) is 34.1 Å². The molecule has 0 bridgehead atoms. The maximum Gasteiger partial charge on any atom is 0.209 e. The average molecular weight is 315 g/mol. The first-order chi connectivity index (χ1) is 10.8. The first-order valence-electron chi connectivity index (χ1n) is 7.38. The highest BCUT2D eigenvalue weighted by molar-refractivity contribution is 7.09. The van der Waals surface area contributed by atoms with Gasteiger partial charge in [0.15, 0.2) is 5.58 Å². The lowest BCUT2D eigenvalue weighted by Crippen LogP contribution is -2.37. The van der Waals surface area contributed by atoms with Gasteiger partial charge in [0, 0.05) is 24.2 Å². The summed E-state index contributed by atoms with van der Waals surface area (Å²) in [4.78, 5) is 11.4. The van der Waals surface area contributed by atoms with E-state index in [1.54, 1.807) is 11.3 Å². The molecule has 1 aromatic carbocycles. The first-order valence-corrected chi connectivity index (χ1v) is 8.26. The molecule has 2 aromatic heterocycles. The van der Waals surface area contributed by atoms with Gasteiger partial charge in [-0.25, -0.2) is 9.97 Å². The van der Waals surface area contributed by atoms with E-state index in [0.29, 0.717) is 13.2 Å². The molecule has 1 aliphatic heterocycles. The van der Waals surface area contributed by atoms with Crippen LogP contribution in [0.1, 0.15) is 22.7 Å². The molecule has 1 aliphatic rings. The molecule has 6 heteroatoms. The van der Waals surface area contributed by atoms with Crippen molar-refractivity contribution in [3.63, 3.8) is 0 Å². The molecule has 3 heterocycles. The number of hydrogen-bond acceptors (Lipinski definition) is 6. The minimum absolute atomic E-state index is 0.0526. The van der Waals surface area contributed by atoms with Crippen molar-refractivity contribution in [1.82, 2.24) is 14.9 Å². The van der Waals surface area contributed by atoms with Crippen LogP contribution in [0, 0.1) is 6.92 Å². The van der Waals surface area contributed by atoms with Crippen molar-refractivity contribution >= 4 is 22.4 Å². The minimum Gasteiger partial charge on any atom is -0.439 e. The lowest BCUT2D eigenvalue weighted by atomic mass is 10.3. The van der Waals surface area contributed by atoms with Crippen LogP contribution in [0.4, 0.5) is 0 Å². The zero-order chi connectivity index (χ0) is 14.9. The number of ether oxygens (including phenoxy) is 1. The summed E-state index contributed by atoms with van der Waals surface area (Å²) in [6, 6.07) is 7.87. The summed E-state index contributed by atoms with van der Waals surface area (Å²) in [5, 5.41) is 3.12. The Labute approximate surface area is 132 Å². The molecular formula is C16H17N3O2S. The van der Waals surface area contributed by atoms with Gasteiger partial charge in [0.1, 0.15) is 16.6 Å². The number of thiazole rings is 1. The van der Waals surface area contributed by atoms with Crippen LogP contribution < -0.4 is 0 Å². The second kappa shape index (κ2) is 5.79. The Morgan fingerprint density at radius 3 is 3.05 bits per heavy atom. The van der Waals surface area contributed by atoms with Gasteiger partial charge in [-0.05, 0) is 19.1 Å². The minimum atomic E-state index is 0.0526. The van der Waals surface area contributed by atoms with Crippen molar-refractivity contribution in [2.45, 2.75) is 19.6 Å². The van der Waals surface area contributed by atoms with Gasteiger partial charge < -0.3 is 9.15 Å². The normalized spacial score (nSPS) is 19.8. The van der Waals surface area contributed by atoms with E-state index < -0.39 is 0 Å². The van der Waals surface area contributed by atoms with Crippen molar-refractivity contribution < 1.29 is 9.15 Å². The van der Waals surface area contributed by atoms with Crippen LogP contribution >= 0.6 is 11.3 Å². The summed E-state index contributed by atoms with van der Waals surface area (Å²) in [5.41, 5.74) is 2.82. The molecule has 1 saturated heterocycles. The molecule has 114 valence electrons. The van der Waals surface area contributed by atoms with E-state index in [1.165, 1.54) is 0 Å². The Morgan fingerprint density at radius 1 is 1.32 bits per heavy atom. The van der Waals surface area contributed by atoms with Crippen molar-refractivity contribution in [2.75, 3.05) is 19.7 Å². The molecule has 1 fully saturated rings. The van der Waals surface area contributed by atoms with Gasteiger partial charge in [-0.1, -0.05) is 12.1 Å². The molecular weight excluding hydrogens is 298 g/mol. The van der Waals surface area contributed by atoms with Gasteiger partial charge >= 0.3 is 0 Å². The number of para-hydroxylation sites is 2. The molecule has 0 saturated carbocycles. The number of oxazole rings is 1. The predicted molar refractivity (Wildman–Crippen MR) is 84.8 cm³/mol. The number of aromatic nitrogens is 2. The third-order valence-electron chi connectivity index (χ3n) is 3.76. The largest absolute Gasteiger partial charge is 0.439 e. The number of aryl methyl sites for hydroxylation is 1. The van der Waals surface area contributed by atoms with E-state index in [9.17, 15) is 0 Å². The van der Waals surface area contributed by atoms with Crippen LogP contribution in [0.5, 0.6) is 0 Å². The van der Waals surface area contributed by atoms with Gasteiger partial charge in [0.25, 0.3) is 0 Å². The molecule has 22 heavy (non-hydrogen) atoms. The molecule has 4 rings (SSSR count). The number of morpholine rings is 1. The third kappa shape index (κ3) is 2.77. The van der Waals surface area contributed by atoms with Crippen molar-refractivity contribution in [3.05, 3.63) is 46.2 Å². The van der Waals surface area contributed by atoms with E-state index in [1.807, 2.05) is 31.2 Å². The van der Waals surface area contributed by atoms with Crippen LogP contribution in [-0.2, 0) is 11.3 Å². The lowest BCUT2D eigenvalue weighted by molar-refractivity contribution is -0.0351. The summed E-state index contributed by atoms with van der Waals surface area (Å²) in [7, 11) is 0. The smallest absolute Gasteiger partial charge is 0.209 e. The zero-order valence-electron chi connectivity index (χ0n) is 12.4. The maximum atomic E-state index is 5.86. The Bertz CT molecular complexity index is 749. The van der Waals surface area contributed by atoms with Crippen molar-refractivity contribution in [1.29, 1.82) is 0 Å². The molecule has 5 nitrogen and oxygen atoms in total. The summed E-state index contributed by atoms with van der Waals surface area (Å²) >= 11 is 1.67. The predicted octanol–water partition coefficient (Wildman–Crippen LogP) is 3.17. The van der Waals surface area contributed by atoms with Crippen LogP contribution in [0.25, 0.3) is 11.1 Å². The highest BCUT2D eigenvalue weighted by Crippen LogP contribution is 2.26. The zero-order valence-corrected chi connectivity index (χ0v) is 13.2. The summed E-state index contributed by atoms with van der Waals surface area (Å²) < 4.78 is 11.7. The van der Waals surface area contributed by atoms with Crippen LogP contribution in [-0.4, -0.2) is 34.6 Å². The van der Waals surface area contributed by atoms with Gasteiger partial charge in [0.2, 0.25) is 5.89 Å². The van der Waals surface area contributed by atoms with Gasteiger partial charge in [0.05, 0.1) is 13.2 Å². The number of rotatable bonds is 3. The van der Waals surface area contributed by atoms with E-state index >= 15 is 0 Å². The molecule has 0 N–H and O–H groups in total. The number of nitrogens with zero attached hydrogens (tertiary/aromatic N) is 3. The summed E-state index contributed by atoms with van der Waals surface area (Å²) in [5.74, 6) is 0.761. The average Bonchev–Trinajstić information content (AvgIpc) is 3.13. The molecule has 0 amide bonds. The van der Waals surface area contributed by atoms with Crippen LogP contribution in [0.3, 0.4) is 0 Å². The molecule has 1 atom stereocenters. The fourth-order valence-corrected chi connectivity index (χ4v) is 3.53. The molecule has 0 radical (unpaired) electrons. The monoisotopic (exact) mass is 315 g/mol. The Morgan fingerprint density at radius 2 is 2.23 bits per heavy atom. The fraction of sp³-hybridized carbons (Fsp3) is 0.375. The summed E-state index contributed by atoms with van der Waals surface area (Å²) in [6.07, 6.45) is 0.0526. The van der Waals surface area contributed by atoms with Gasteiger partial charge in [-0.2, -0.15) is 0 Å². The Kier molecular flexibility index (Phi) is 3.65. The fourth-order valence-electron chi connectivity index (χ4n) is 2.69. The van der Waals surface area contributed by atoms with E-state index in [4.69, 9.17) is 9.15 Å². The van der Waals surface area contributed by atoms with E-state index in [0.717, 1.165) is 40.8 Å². The highest BCUT2D eigenvalue weighted by Gasteiger charge is 2.25. The highest BCUT2D eigenvalue weighted by atomic mass is 32.1. The molecule has 3 aromatic rings. The number of hydrogen-bond donors (Lipinski definition) is 0. The Balaban J connectivity index is 1.48. The maximum absolute atomic E-state index is 5.86. The van der Waals surface area contributed by atoms with E-state index in [2.05, 4.69) is 20.2 Å². The first kappa shape index (κ1) is 13.9. The second-order valence-electron chi connectivity index (χ2n) is 5.50. The summed E-state index contributed by atoms with van der Waals surface area (Å²) in [6.45, 7) is 5.15. The topological polar surface area (TPSA) is 51.4 Å². The van der Waals surface area contributed by atoms with Crippen molar-refractivity contribution in [3.8, 4) is 0 Å². The Hall–Kier alpha value is -1.76. The lowest BCUT2D eigenvalue weighted by Gasteiger charge is -2.30. The third-order valence-corrected chi connectivity index (χ3v) is 4.81. The molecule has 0 unspecified atom stereocenters.